The largest absolute Gasteiger partial charge is 0.487 e. The predicted octanol–water partition coefficient (Wildman–Crippen LogP) is 4.00. The van der Waals surface area contributed by atoms with Crippen LogP contribution in [0, 0.1) is 0 Å². The molecule has 1 aromatic carbocycles. The first-order valence-corrected chi connectivity index (χ1v) is 6.85. The molecular formula is C17H22N2O. The highest BCUT2D eigenvalue weighted by atomic mass is 16.5. The maximum Gasteiger partial charge on any atom is 0.130 e. The number of nitrogens with one attached hydrogen (secondary N) is 1. The maximum atomic E-state index is 5.77. The Morgan fingerprint density at radius 1 is 1.10 bits per heavy atom. The van der Waals surface area contributed by atoms with Gasteiger partial charge in [0.05, 0.1) is 5.69 Å². The van der Waals surface area contributed by atoms with Crippen molar-refractivity contribution in [2.24, 2.45) is 0 Å². The Morgan fingerprint density at radius 3 is 2.40 bits per heavy atom. The number of aromatic nitrogens is 1. The van der Waals surface area contributed by atoms with E-state index in [9.17, 15) is 0 Å². The standard InChI is InChI=1S/C17H22N2O/c1-17(2,3)13-5-7-16(8-6-13)20-12-15-11-14(18-4)9-10-19-15/h5-11H,12H2,1-4H3,(H,18,19). The molecule has 0 atom stereocenters. The molecule has 0 unspecified atom stereocenters. The molecule has 0 spiro atoms. The third-order valence-corrected chi connectivity index (χ3v) is 3.21. The molecule has 0 saturated carbocycles. The fourth-order valence-corrected chi connectivity index (χ4v) is 1.92. The van der Waals surface area contributed by atoms with Gasteiger partial charge in [-0.3, -0.25) is 4.98 Å². The van der Waals surface area contributed by atoms with Crippen LogP contribution in [0.25, 0.3) is 0 Å². The molecule has 1 heterocycles. The van der Waals surface area contributed by atoms with Gasteiger partial charge in [-0.2, -0.15) is 0 Å². The van der Waals surface area contributed by atoms with Gasteiger partial charge >= 0.3 is 0 Å². The van der Waals surface area contributed by atoms with Crippen LogP contribution < -0.4 is 10.1 Å². The average molecular weight is 270 g/mol. The van der Waals surface area contributed by atoms with Crippen LogP contribution in [0.5, 0.6) is 5.75 Å². The van der Waals surface area contributed by atoms with E-state index in [1.54, 1.807) is 6.20 Å². The van der Waals surface area contributed by atoms with Crippen LogP contribution in [0.4, 0.5) is 5.69 Å². The van der Waals surface area contributed by atoms with Crippen molar-refractivity contribution in [3.63, 3.8) is 0 Å². The molecule has 3 heteroatoms. The van der Waals surface area contributed by atoms with E-state index in [1.165, 1.54) is 5.56 Å². The molecule has 0 aliphatic heterocycles. The number of rotatable bonds is 4. The molecule has 0 bridgehead atoms. The number of anilines is 1. The van der Waals surface area contributed by atoms with Gasteiger partial charge in [-0.25, -0.2) is 0 Å². The lowest BCUT2D eigenvalue weighted by molar-refractivity contribution is 0.301. The van der Waals surface area contributed by atoms with Crippen LogP contribution in [-0.4, -0.2) is 12.0 Å². The summed E-state index contributed by atoms with van der Waals surface area (Å²) in [6.45, 7) is 7.09. The van der Waals surface area contributed by atoms with E-state index in [2.05, 4.69) is 43.2 Å². The lowest BCUT2D eigenvalue weighted by Crippen LogP contribution is -2.10. The molecule has 1 N–H and O–H groups in total. The van der Waals surface area contributed by atoms with Crippen LogP contribution in [0.3, 0.4) is 0 Å². The summed E-state index contributed by atoms with van der Waals surface area (Å²) in [4.78, 5) is 4.29. The highest BCUT2D eigenvalue weighted by Crippen LogP contribution is 2.24. The number of pyridine rings is 1. The number of ether oxygens (including phenoxy) is 1. The Kier molecular flexibility index (Phi) is 4.28. The maximum absolute atomic E-state index is 5.77. The third-order valence-electron chi connectivity index (χ3n) is 3.21. The van der Waals surface area contributed by atoms with Crippen LogP contribution >= 0.6 is 0 Å². The fraction of sp³-hybridized carbons (Fsp3) is 0.353. The molecule has 0 amide bonds. The zero-order valence-electron chi connectivity index (χ0n) is 12.6. The van der Waals surface area contributed by atoms with Crippen molar-refractivity contribution >= 4 is 5.69 Å². The first kappa shape index (κ1) is 14.4. The lowest BCUT2D eigenvalue weighted by Gasteiger charge is -2.19. The summed E-state index contributed by atoms with van der Waals surface area (Å²) >= 11 is 0. The number of hydrogen-bond acceptors (Lipinski definition) is 3. The minimum absolute atomic E-state index is 0.168. The molecule has 106 valence electrons. The fourth-order valence-electron chi connectivity index (χ4n) is 1.92. The second-order valence-electron chi connectivity index (χ2n) is 5.85. The van der Waals surface area contributed by atoms with Gasteiger partial charge < -0.3 is 10.1 Å². The monoisotopic (exact) mass is 270 g/mol. The summed E-state index contributed by atoms with van der Waals surface area (Å²) in [5.41, 5.74) is 3.43. The first-order chi connectivity index (χ1) is 9.49. The molecule has 0 saturated heterocycles. The quantitative estimate of drug-likeness (QED) is 0.911. The van der Waals surface area contributed by atoms with Crippen LogP contribution in [0.1, 0.15) is 32.0 Å². The predicted molar refractivity (Wildman–Crippen MR) is 83.3 cm³/mol. The zero-order chi connectivity index (χ0) is 14.6. The van der Waals surface area contributed by atoms with Gasteiger partial charge in [0, 0.05) is 18.9 Å². The number of hydrogen-bond donors (Lipinski definition) is 1. The van der Waals surface area contributed by atoms with Gasteiger partial charge in [-0.15, -0.1) is 0 Å². The molecule has 2 aromatic rings. The van der Waals surface area contributed by atoms with Gasteiger partial charge in [-0.05, 0) is 35.2 Å². The molecule has 2 rings (SSSR count). The van der Waals surface area contributed by atoms with Crippen molar-refractivity contribution in [3.05, 3.63) is 53.9 Å². The van der Waals surface area contributed by atoms with Crippen molar-refractivity contribution < 1.29 is 4.74 Å². The van der Waals surface area contributed by atoms with Crippen molar-refractivity contribution in [3.8, 4) is 5.75 Å². The Morgan fingerprint density at radius 2 is 1.80 bits per heavy atom. The van der Waals surface area contributed by atoms with Gasteiger partial charge in [0.2, 0.25) is 0 Å². The Balaban J connectivity index is 2.00. The van der Waals surface area contributed by atoms with Gasteiger partial charge in [-0.1, -0.05) is 32.9 Å². The van der Waals surface area contributed by atoms with Crippen LogP contribution in [-0.2, 0) is 12.0 Å². The molecule has 1 aromatic heterocycles. The summed E-state index contributed by atoms with van der Waals surface area (Å²) in [7, 11) is 1.89. The summed E-state index contributed by atoms with van der Waals surface area (Å²) in [6.07, 6.45) is 1.78. The van der Waals surface area contributed by atoms with Gasteiger partial charge in [0.1, 0.15) is 12.4 Å². The van der Waals surface area contributed by atoms with Crippen LogP contribution in [0.2, 0.25) is 0 Å². The zero-order valence-corrected chi connectivity index (χ0v) is 12.6. The molecule has 3 nitrogen and oxygen atoms in total. The Labute approximate surface area is 121 Å². The van der Waals surface area contributed by atoms with Gasteiger partial charge in [0.25, 0.3) is 0 Å². The van der Waals surface area contributed by atoms with E-state index in [0.29, 0.717) is 6.61 Å². The minimum atomic E-state index is 0.168. The third kappa shape index (κ3) is 3.73. The number of nitrogens with zero attached hydrogens (tertiary/aromatic N) is 1. The van der Waals surface area contributed by atoms with E-state index in [0.717, 1.165) is 17.1 Å². The van der Waals surface area contributed by atoms with E-state index in [-0.39, 0.29) is 5.41 Å². The van der Waals surface area contributed by atoms with Crippen LogP contribution in [0.15, 0.2) is 42.6 Å². The molecule has 20 heavy (non-hydrogen) atoms. The van der Waals surface area contributed by atoms with Crippen molar-refractivity contribution in [1.82, 2.24) is 4.98 Å². The summed E-state index contributed by atoms with van der Waals surface area (Å²) < 4.78 is 5.77. The molecule has 0 radical (unpaired) electrons. The van der Waals surface area contributed by atoms with Gasteiger partial charge in [0.15, 0.2) is 0 Å². The van der Waals surface area contributed by atoms with E-state index >= 15 is 0 Å². The van der Waals surface area contributed by atoms with Crippen molar-refractivity contribution in [1.29, 1.82) is 0 Å². The molecule has 0 fully saturated rings. The van der Waals surface area contributed by atoms with Crippen molar-refractivity contribution in [2.45, 2.75) is 32.8 Å². The highest BCUT2D eigenvalue weighted by Gasteiger charge is 2.12. The summed E-state index contributed by atoms with van der Waals surface area (Å²) in [5.74, 6) is 0.870. The van der Waals surface area contributed by atoms with E-state index in [1.807, 2.05) is 31.3 Å². The number of benzene rings is 1. The summed E-state index contributed by atoms with van der Waals surface area (Å²) in [5, 5.41) is 3.09. The topological polar surface area (TPSA) is 34.2 Å². The second kappa shape index (κ2) is 5.95. The smallest absolute Gasteiger partial charge is 0.130 e. The molecular weight excluding hydrogens is 248 g/mol. The average Bonchev–Trinajstić information content (AvgIpc) is 2.45. The Bertz CT molecular complexity index is 556. The summed E-state index contributed by atoms with van der Waals surface area (Å²) in [6, 6.07) is 12.2. The highest BCUT2D eigenvalue weighted by molar-refractivity contribution is 5.42. The minimum Gasteiger partial charge on any atom is -0.487 e. The van der Waals surface area contributed by atoms with E-state index in [4.69, 9.17) is 4.74 Å². The molecule has 0 aliphatic carbocycles. The van der Waals surface area contributed by atoms with Crippen molar-refractivity contribution in [2.75, 3.05) is 12.4 Å². The second-order valence-corrected chi connectivity index (χ2v) is 5.85. The lowest BCUT2D eigenvalue weighted by atomic mass is 9.87. The van der Waals surface area contributed by atoms with E-state index < -0.39 is 0 Å². The Hall–Kier alpha value is -2.03. The first-order valence-electron chi connectivity index (χ1n) is 6.85. The SMILES string of the molecule is CNc1ccnc(COc2ccc(C(C)(C)C)cc2)c1. The molecule has 0 aliphatic rings. The normalized spacial score (nSPS) is 11.2.